The number of allylic oxidation sites excluding steroid dienone is 3. The maximum Gasteiger partial charge on any atom is 0.259 e. The summed E-state index contributed by atoms with van der Waals surface area (Å²) in [7, 11) is 0. The van der Waals surface area contributed by atoms with E-state index in [9.17, 15) is 4.79 Å². The second-order valence-corrected chi connectivity index (χ2v) is 7.74. The summed E-state index contributed by atoms with van der Waals surface area (Å²) in [6.45, 7) is 4.77. The number of ether oxygens (including phenoxy) is 1. The normalized spacial score (nSPS) is 19.2. The molecule has 3 aliphatic rings. The highest BCUT2D eigenvalue weighted by molar-refractivity contribution is 6.00. The third kappa shape index (κ3) is 3.66. The van der Waals surface area contributed by atoms with Crippen molar-refractivity contribution < 1.29 is 9.53 Å². The molecule has 2 aliphatic heterocycles. The quantitative estimate of drug-likeness (QED) is 0.872. The lowest BCUT2D eigenvalue weighted by Crippen LogP contribution is -2.46. The summed E-state index contributed by atoms with van der Waals surface area (Å²) < 4.78 is 6.29. The van der Waals surface area contributed by atoms with Crippen LogP contribution in [-0.4, -0.2) is 37.0 Å². The van der Waals surface area contributed by atoms with Gasteiger partial charge < -0.3 is 15.0 Å². The second kappa shape index (κ2) is 7.76. The van der Waals surface area contributed by atoms with Crippen molar-refractivity contribution in [2.75, 3.05) is 31.1 Å². The van der Waals surface area contributed by atoms with E-state index in [2.05, 4.69) is 57.6 Å². The van der Waals surface area contributed by atoms with Crippen LogP contribution in [0.25, 0.3) is 0 Å². The molecular formula is C24H25N3O2. The van der Waals surface area contributed by atoms with Gasteiger partial charge in [-0.25, -0.2) is 0 Å². The molecule has 1 saturated heterocycles. The van der Waals surface area contributed by atoms with Crippen molar-refractivity contribution in [2.45, 2.75) is 19.4 Å². The molecule has 0 spiro atoms. The van der Waals surface area contributed by atoms with Crippen LogP contribution in [0.2, 0.25) is 0 Å². The minimum Gasteiger partial charge on any atom is -0.453 e. The van der Waals surface area contributed by atoms with Crippen LogP contribution in [0.5, 0.6) is 5.75 Å². The van der Waals surface area contributed by atoms with E-state index in [-0.39, 0.29) is 5.91 Å². The lowest BCUT2D eigenvalue weighted by Gasteiger charge is -2.37. The van der Waals surface area contributed by atoms with Gasteiger partial charge in [0.2, 0.25) is 0 Å². The first-order chi connectivity index (χ1) is 14.3. The average molecular weight is 387 g/mol. The maximum atomic E-state index is 12.8. The minimum absolute atomic E-state index is 0.0788. The van der Waals surface area contributed by atoms with E-state index in [1.165, 1.54) is 5.56 Å². The predicted octanol–water partition coefficient (Wildman–Crippen LogP) is 3.69. The molecule has 1 aliphatic carbocycles. The number of amides is 1. The largest absolute Gasteiger partial charge is 0.453 e. The molecule has 2 aromatic carbocycles. The molecule has 0 aromatic heterocycles. The van der Waals surface area contributed by atoms with Gasteiger partial charge in [0.1, 0.15) is 5.76 Å². The zero-order valence-electron chi connectivity index (χ0n) is 16.4. The number of anilines is 1. The molecule has 0 bridgehead atoms. The molecule has 5 nitrogen and oxygen atoms in total. The molecule has 5 rings (SSSR count). The van der Waals surface area contributed by atoms with Crippen molar-refractivity contribution in [3.05, 3.63) is 83.3 Å². The van der Waals surface area contributed by atoms with Gasteiger partial charge in [0.05, 0.1) is 16.9 Å². The van der Waals surface area contributed by atoms with E-state index >= 15 is 0 Å². The van der Waals surface area contributed by atoms with Crippen LogP contribution in [0.15, 0.2) is 72.1 Å². The predicted molar refractivity (Wildman–Crippen MR) is 114 cm³/mol. The first kappa shape index (κ1) is 18.0. The van der Waals surface area contributed by atoms with E-state index in [1.807, 2.05) is 18.2 Å². The van der Waals surface area contributed by atoms with Gasteiger partial charge in [-0.3, -0.25) is 9.69 Å². The lowest BCUT2D eigenvalue weighted by molar-refractivity contribution is 0.0965. The SMILES string of the molecule is O=C1NC2=C(C=CCC2)Oc2c1cccc2N1CCN(Cc2ccccc2)CC1. The van der Waals surface area contributed by atoms with Crippen molar-refractivity contribution in [3.8, 4) is 5.75 Å². The number of hydrogen-bond donors (Lipinski definition) is 1. The van der Waals surface area contributed by atoms with Gasteiger partial charge in [-0.05, 0) is 36.6 Å². The van der Waals surface area contributed by atoms with Crippen LogP contribution in [0, 0.1) is 0 Å². The fourth-order valence-electron chi connectivity index (χ4n) is 4.22. The number of hydrogen-bond acceptors (Lipinski definition) is 4. The Morgan fingerprint density at radius 3 is 2.62 bits per heavy atom. The Kier molecular flexibility index (Phi) is 4.82. The third-order valence-corrected chi connectivity index (χ3v) is 5.80. The summed E-state index contributed by atoms with van der Waals surface area (Å²) in [5.41, 5.74) is 3.84. The number of rotatable bonds is 3. The van der Waals surface area contributed by atoms with Crippen molar-refractivity contribution in [2.24, 2.45) is 0 Å². The molecule has 0 unspecified atom stereocenters. The molecule has 0 radical (unpaired) electrons. The highest BCUT2D eigenvalue weighted by atomic mass is 16.5. The smallest absolute Gasteiger partial charge is 0.259 e. The fourth-order valence-corrected chi connectivity index (χ4v) is 4.22. The number of nitrogens with zero attached hydrogens (tertiary/aromatic N) is 2. The highest BCUT2D eigenvalue weighted by Gasteiger charge is 2.28. The summed E-state index contributed by atoms with van der Waals surface area (Å²) in [5, 5.41) is 3.04. The molecule has 2 aromatic rings. The number of nitrogens with one attached hydrogen (secondary N) is 1. The maximum absolute atomic E-state index is 12.8. The van der Waals surface area contributed by atoms with Crippen molar-refractivity contribution in [3.63, 3.8) is 0 Å². The molecule has 0 saturated carbocycles. The Balaban J connectivity index is 1.35. The molecule has 1 amide bonds. The van der Waals surface area contributed by atoms with Crippen molar-refractivity contribution in [1.82, 2.24) is 10.2 Å². The van der Waals surface area contributed by atoms with Gasteiger partial charge in [-0.15, -0.1) is 0 Å². The number of fused-ring (bicyclic) bond motifs is 1. The molecule has 1 fully saturated rings. The highest BCUT2D eigenvalue weighted by Crippen LogP contribution is 2.37. The number of benzene rings is 2. The van der Waals surface area contributed by atoms with Crippen LogP contribution in [0.4, 0.5) is 5.69 Å². The fraction of sp³-hybridized carbons (Fsp3) is 0.292. The second-order valence-electron chi connectivity index (χ2n) is 7.74. The minimum atomic E-state index is -0.0788. The molecule has 1 N–H and O–H groups in total. The third-order valence-electron chi connectivity index (χ3n) is 5.80. The summed E-state index contributed by atoms with van der Waals surface area (Å²) in [5.74, 6) is 1.36. The van der Waals surface area contributed by atoms with Crippen LogP contribution >= 0.6 is 0 Å². The molecule has 29 heavy (non-hydrogen) atoms. The number of para-hydroxylation sites is 1. The monoisotopic (exact) mass is 387 g/mol. The zero-order valence-corrected chi connectivity index (χ0v) is 16.4. The van der Waals surface area contributed by atoms with Gasteiger partial charge in [-0.2, -0.15) is 0 Å². The van der Waals surface area contributed by atoms with Crippen LogP contribution < -0.4 is 15.0 Å². The van der Waals surface area contributed by atoms with Gasteiger partial charge in [-0.1, -0.05) is 42.5 Å². The van der Waals surface area contributed by atoms with E-state index in [4.69, 9.17) is 4.74 Å². The van der Waals surface area contributed by atoms with E-state index in [1.54, 1.807) is 0 Å². The van der Waals surface area contributed by atoms with Crippen molar-refractivity contribution in [1.29, 1.82) is 0 Å². The molecule has 0 atom stereocenters. The standard InChI is InChI=1S/C24H25N3O2/c28-24-19-9-6-11-21(23(19)29-22-12-5-4-10-20(22)25-24)27-15-13-26(14-16-27)17-18-7-2-1-3-8-18/h1-3,5-9,11-12H,4,10,13-17H2,(H,25,28). The molecule has 5 heteroatoms. The van der Waals surface area contributed by atoms with Gasteiger partial charge in [0, 0.05) is 32.7 Å². The van der Waals surface area contributed by atoms with Gasteiger partial charge in [0.15, 0.2) is 5.75 Å². The Morgan fingerprint density at radius 1 is 0.966 bits per heavy atom. The average Bonchev–Trinajstić information content (AvgIpc) is 2.91. The Hall–Kier alpha value is -3.05. The Morgan fingerprint density at radius 2 is 1.79 bits per heavy atom. The van der Waals surface area contributed by atoms with Crippen LogP contribution in [0.3, 0.4) is 0 Å². The summed E-state index contributed by atoms with van der Waals surface area (Å²) in [6.07, 6.45) is 5.80. The topological polar surface area (TPSA) is 44.8 Å². The Bertz CT molecular complexity index is 973. The summed E-state index contributed by atoms with van der Waals surface area (Å²) in [4.78, 5) is 17.6. The van der Waals surface area contributed by atoms with Crippen LogP contribution in [-0.2, 0) is 6.54 Å². The summed E-state index contributed by atoms with van der Waals surface area (Å²) in [6, 6.07) is 16.5. The van der Waals surface area contributed by atoms with E-state index < -0.39 is 0 Å². The molecular weight excluding hydrogens is 362 g/mol. The number of carbonyl (C=O) groups is 1. The lowest BCUT2D eigenvalue weighted by atomic mass is 10.1. The first-order valence-electron chi connectivity index (χ1n) is 10.3. The van der Waals surface area contributed by atoms with Gasteiger partial charge >= 0.3 is 0 Å². The van der Waals surface area contributed by atoms with E-state index in [0.29, 0.717) is 11.3 Å². The van der Waals surface area contributed by atoms with Crippen molar-refractivity contribution >= 4 is 11.6 Å². The number of carbonyl (C=O) groups excluding carboxylic acids is 1. The zero-order chi connectivity index (χ0) is 19.6. The molecule has 2 heterocycles. The Labute approximate surface area is 171 Å². The van der Waals surface area contributed by atoms with Gasteiger partial charge in [0.25, 0.3) is 5.91 Å². The molecule has 148 valence electrons. The summed E-state index contributed by atoms with van der Waals surface area (Å²) >= 11 is 0. The first-order valence-corrected chi connectivity index (χ1v) is 10.3. The number of piperazine rings is 1. The van der Waals surface area contributed by atoms with Crippen LogP contribution in [0.1, 0.15) is 28.8 Å². The van der Waals surface area contributed by atoms with E-state index in [0.717, 1.165) is 62.7 Å².